The van der Waals surface area contributed by atoms with Gasteiger partial charge in [-0.3, -0.25) is 4.79 Å². The minimum Gasteiger partial charge on any atom is -0.485 e. The van der Waals surface area contributed by atoms with Gasteiger partial charge in [-0.05, 0) is 28.8 Å². The molecule has 0 N–H and O–H groups in total. The van der Waals surface area contributed by atoms with Crippen LogP contribution in [0.25, 0.3) is 0 Å². The Morgan fingerprint density at radius 2 is 0.944 bits per heavy atom. The van der Waals surface area contributed by atoms with Crippen LogP contribution in [0.3, 0.4) is 0 Å². The fraction of sp³-hybridized carbons (Fsp3) is 0.219. The van der Waals surface area contributed by atoms with E-state index in [-0.39, 0.29) is 5.78 Å². The van der Waals surface area contributed by atoms with Gasteiger partial charge in [-0.15, -0.1) is 0 Å². The van der Waals surface area contributed by atoms with Crippen LogP contribution in [0.4, 0.5) is 0 Å². The van der Waals surface area contributed by atoms with E-state index in [2.05, 4.69) is 0 Å². The van der Waals surface area contributed by atoms with Gasteiger partial charge >= 0.3 is 0 Å². The van der Waals surface area contributed by atoms with Gasteiger partial charge in [0.1, 0.15) is 19.8 Å². The summed E-state index contributed by atoms with van der Waals surface area (Å²) >= 11 is 0. The van der Waals surface area contributed by atoms with E-state index in [1.54, 1.807) is 12.1 Å². The quantitative estimate of drug-likeness (QED) is 0.219. The van der Waals surface area contributed by atoms with Crippen molar-refractivity contribution in [3.05, 3.63) is 125 Å². The molecule has 0 saturated carbocycles. The minimum absolute atomic E-state index is 0.00577. The van der Waals surface area contributed by atoms with E-state index in [1.165, 1.54) is 0 Å². The van der Waals surface area contributed by atoms with Gasteiger partial charge in [-0.2, -0.15) is 0 Å². The lowest BCUT2D eigenvalue weighted by molar-refractivity contribution is 0.0857. The van der Waals surface area contributed by atoms with Crippen molar-refractivity contribution in [2.45, 2.75) is 40.6 Å². The minimum atomic E-state index is -0.556. The number of Topliss-reactive ketones (excluding diaryl/α,β-unsaturated/α-hetero) is 1. The third-order valence-electron chi connectivity index (χ3n) is 5.66. The average Bonchev–Trinajstić information content (AvgIpc) is 2.90. The molecular weight excluding hydrogens is 448 g/mol. The second-order valence-electron chi connectivity index (χ2n) is 9.70. The summed E-state index contributed by atoms with van der Waals surface area (Å²) in [6, 6.07) is 33.3. The molecule has 0 aliphatic rings. The predicted octanol–water partition coefficient (Wildman–Crippen LogP) is 7.65. The van der Waals surface area contributed by atoms with Gasteiger partial charge in [-0.25, -0.2) is 0 Å². The van der Waals surface area contributed by atoms with Crippen molar-refractivity contribution < 1.29 is 19.0 Å². The van der Waals surface area contributed by atoms with Gasteiger partial charge < -0.3 is 14.2 Å². The lowest BCUT2D eigenvalue weighted by Crippen LogP contribution is -2.20. The molecule has 0 aliphatic heterocycles. The van der Waals surface area contributed by atoms with Gasteiger partial charge in [0.05, 0.1) is 0 Å². The van der Waals surface area contributed by atoms with Gasteiger partial charge in [0.2, 0.25) is 5.75 Å². The number of rotatable bonds is 10. The first kappa shape index (κ1) is 25.1. The van der Waals surface area contributed by atoms with Crippen LogP contribution in [-0.2, 0) is 19.8 Å². The molecule has 0 radical (unpaired) electrons. The first-order valence-electron chi connectivity index (χ1n) is 12.1. The van der Waals surface area contributed by atoms with E-state index in [1.807, 2.05) is 112 Å². The van der Waals surface area contributed by atoms with Crippen LogP contribution in [0.1, 0.15) is 47.8 Å². The summed E-state index contributed by atoms with van der Waals surface area (Å²) in [7, 11) is 0. The predicted molar refractivity (Wildman–Crippen MR) is 143 cm³/mol. The molecule has 36 heavy (non-hydrogen) atoms. The fourth-order valence-electron chi connectivity index (χ4n) is 3.70. The summed E-state index contributed by atoms with van der Waals surface area (Å²) in [6.07, 6.45) is 0. The molecule has 0 heterocycles. The van der Waals surface area contributed by atoms with Crippen LogP contribution in [0.15, 0.2) is 103 Å². The molecule has 0 aliphatic carbocycles. The number of carbonyl (C=O) groups excluding carboxylic acids is 1. The Bertz CT molecular complexity index is 1200. The van der Waals surface area contributed by atoms with E-state index >= 15 is 0 Å². The van der Waals surface area contributed by atoms with E-state index in [0.717, 1.165) is 16.7 Å². The van der Waals surface area contributed by atoms with E-state index in [0.29, 0.717) is 42.6 Å². The highest BCUT2D eigenvalue weighted by atomic mass is 16.5. The highest BCUT2D eigenvalue weighted by Crippen LogP contribution is 2.41. The van der Waals surface area contributed by atoms with E-state index < -0.39 is 5.41 Å². The molecule has 0 atom stereocenters. The van der Waals surface area contributed by atoms with Crippen LogP contribution < -0.4 is 14.2 Å². The maximum atomic E-state index is 13.3. The molecule has 0 saturated heterocycles. The van der Waals surface area contributed by atoms with Crippen LogP contribution in [0, 0.1) is 5.41 Å². The Kier molecular flexibility index (Phi) is 8.06. The second-order valence-corrected chi connectivity index (χ2v) is 9.70. The summed E-state index contributed by atoms with van der Waals surface area (Å²) in [5, 5.41) is 0. The third-order valence-corrected chi connectivity index (χ3v) is 5.66. The van der Waals surface area contributed by atoms with Crippen molar-refractivity contribution in [2.24, 2.45) is 5.41 Å². The Hall–Kier alpha value is -4.05. The molecule has 0 spiro atoms. The zero-order chi connectivity index (χ0) is 25.4. The maximum Gasteiger partial charge on any atom is 0.203 e. The van der Waals surface area contributed by atoms with Crippen LogP contribution in [-0.4, -0.2) is 5.78 Å². The van der Waals surface area contributed by atoms with Crippen molar-refractivity contribution >= 4 is 5.78 Å². The Morgan fingerprint density at radius 1 is 0.583 bits per heavy atom. The average molecular weight is 481 g/mol. The topological polar surface area (TPSA) is 44.8 Å². The molecule has 0 unspecified atom stereocenters. The molecule has 0 bridgehead atoms. The van der Waals surface area contributed by atoms with Gasteiger partial charge in [0, 0.05) is 11.0 Å². The molecular formula is C32H32O4. The first-order valence-corrected chi connectivity index (χ1v) is 12.1. The Labute approximate surface area is 213 Å². The number of hydrogen-bond acceptors (Lipinski definition) is 4. The number of ether oxygens (including phenoxy) is 3. The van der Waals surface area contributed by atoms with Gasteiger partial charge in [0.15, 0.2) is 17.3 Å². The fourth-order valence-corrected chi connectivity index (χ4v) is 3.70. The maximum absolute atomic E-state index is 13.3. The molecule has 4 nitrogen and oxygen atoms in total. The molecule has 0 aromatic heterocycles. The number of benzene rings is 4. The number of carbonyl (C=O) groups is 1. The monoisotopic (exact) mass is 480 g/mol. The van der Waals surface area contributed by atoms with E-state index in [4.69, 9.17) is 14.2 Å². The molecule has 0 fully saturated rings. The summed E-state index contributed by atoms with van der Waals surface area (Å²) in [5.74, 6) is 1.45. The molecule has 4 aromatic rings. The van der Waals surface area contributed by atoms with Crippen molar-refractivity contribution in [3.8, 4) is 17.2 Å². The number of hydrogen-bond donors (Lipinski definition) is 0. The zero-order valence-electron chi connectivity index (χ0n) is 21.1. The lowest BCUT2D eigenvalue weighted by Gasteiger charge is -2.21. The smallest absolute Gasteiger partial charge is 0.203 e. The summed E-state index contributed by atoms with van der Waals surface area (Å²) in [5.41, 5.74) is 3.03. The molecule has 4 heteroatoms. The van der Waals surface area contributed by atoms with Crippen molar-refractivity contribution in [2.75, 3.05) is 0 Å². The van der Waals surface area contributed by atoms with Gasteiger partial charge in [-0.1, -0.05) is 112 Å². The first-order chi connectivity index (χ1) is 17.4. The number of ketones is 1. The lowest BCUT2D eigenvalue weighted by atomic mass is 9.86. The molecule has 4 aromatic carbocycles. The Balaban J connectivity index is 1.72. The van der Waals surface area contributed by atoms with E-state index in [9.17, 15) is 4.79 Å². The molecule has 184 valence electrons. The third kappa shape index (κ3) is 6.76. The normalized spacial score (nSPS) is 11.1. The summed E-state index contributed by atoms with van der Waals surface area (Å²) < 4.78 is 18.8. The van der Waals surface area contributed by atoms with Crippen molar-refractivity contribution in [3.63, 3.8) is 0 Å². The van der Waals surface area contributed by atoms with Crippen LogP contribution in [0.5, 0.6) is 17.2 Å². The van der Waals surface area contributed by atoms with Crippen LogP contribution in [0.2, 0.25) is 0 Å². The summed E-state index contributed by atoms with van der Waals surface area (Å²) in [6.45, 7) is 6.75. The molecule has 0 amide bonds. The van der Waals surface area contributed by atoms with Crippen LogP contribution >= 0.6 is 0 Å². The zero-order valence-corrected chi connectivity index (χ0v) is 21.1. The van der Waals surface area contributed by atoms with Crippen molar-refractivity contribution in [1.82, 2.24) is 0 Å². The SMILES string of the molecule is CC(C)(C)C(=O)c1cc(OCc2ccccc2)c(OCc2ccccc2)c(OCc2ccccc2)c1. The van der Waals surface area contributed by atoms with Crippen molar-refractivity contribution in [1.29, 1.82) is 0 Å². The summed E-state index contributed by atoms with van der Waals surface area (Å²) in [4.78, 5) is 13.3. The molecule has 4 rings (SSSR count). The second kappa shape index (κ2) is 11.6. The Morgan fingerprint density at radius 3 is 1.31 bits per heavy atom. The standard InChI is InChI=1S/C32H32O4/c1-32(2,3)31(33)27-19-28(34-21-24-13-7-4-8-14-24)30(36-23-26-17-11-6-12-18-26)29(20-27)35-22-25-15-9-5-10-16-25/h4-20H,21-23H2,1-3H3. The largest absolute Gasteiger partial charge is 0.485 e. The van der Waals surface area contributed by atoms with Gasteiger partial charge in [0.25, 0.3) is 0 Å². The highest BCUT2D eigenvalue weighted by molar-refractivity contribution is 6.00. The highest BCUT2D eigenvalue weighted by Gasteiger charge is 2.26.